The van der Waals surface area contributed by atoms with Crippen molar-refractivity contribution < 1.29 is 18.0 Å². The predicted molar refractivity (Wildman–Crippen MR) is 58.7 cm³/mol. The average Bonchev–Trinajstić information content (AvgIpc) is 2.73. The van der Waals surface area contributed by atoms with Crippen LogP contribution in [-0.2, 0) is 6.18 Å². The van der Waals surface area contributed by atoms with Gasteiger partial charge in [0.2, 0.25) is 0 Å². The number of hydrogen-bond donors (Lipinski definition) is 0. The normalized spacial score (nSPS) is 11.6. The van der Waals surface area contributed by atoms with E-state index >= 15 is 0 Å². The van der Waals surface area contributed by atoms with Crippen LogP contribution < -0.4 is 0 Å². The number of aryl methyl sites for hydroxylation is 1. The number of rotatable bonds is 2. The molecule has 0 aliphatic heterocycles. The van der Waals surface area contributed by atoms with Crippen molar-refractivity contribution in [2.24, 2.45) is 0 Å². The molecular formula is C12H9F3N2O. The Morgan fingerprint density at radius 1 is 1.28 bits per heavy atom. The van der Waals surface area contributed by atoms with E-state index in [0.29, 0.717) is 12.0 Å². The quantitative estimate of drug-likeness (QED) is 0.772. The third-order valence-electron chi connectivity index (χ3n) is 2.49. The zero-order chi connectivity index (χ0) is 13.3. The lowest BCUT2D eigenvalue weighted by atomic mass is 10.2. The number of aldehydes is 1. The molecule has 0 aliphatic rings. The minimum absolute atomic E-state index is 0.128. The molecule has 6 heteroatoms. The van der Waals surface area contributed by atoms with Crippen molar-refractivity contribution in [3.63, 3.8) is 0 Å². The number of alkyl halides is 3. The summed E-state index contributed by atoms with van der Waals surface area (Å²) in [6.07, 6.45) is -4.21. The Kier molecular flexibility index (Phi) is 2.94. The Labute approximate surface area is 101 Å². The van der Waals surface area contributed by atoms with Gasteiger partial charge in [0.1, 0.15) is 5.69 Å². The molecule has 3 nitrogen and oxygen atoms in total. The standard InChI is InChI=1S/C12H9F3N2O/c1-8-4-2-3-5-10(8)17-9(7-18)6-11(16-17)12(13,14)15/h2-7H,1H3. The smallest absolute Gasteiger partial charge is 0.296 e. The van der Waals surface area contributed by atoms with Crippen molar-refractivity contribution in [3.05, 3.63) is 47.3 Å². The number of para-hydroxylation sites is 1. The summed E-state index contributed by atoms with van der Waals surface area (Å²) in [5, 5.41) is 3.44. The Hall–Kier alpha value is -2.11. The Balaban J connectivity index is 2.61. The first kappa shape index (κ1) is 12.3. The van der Waals surface area contributed by atoms with E-state index in [4.69, 9.17) is 0 Å². The number of aromatic nitrogens is 2. The maximum absolute atomic E-state index is 12.5. The van der Waals surface area contributed by atoms with Gasteiger partial charge >= 0.3 is 6.18 Å². The van der Waals surface area contributed by atoms with Crippen molar-refractivity contribution in [2.75, 3.05) is 0 Å². The second-order valence-corrected chi connectivity index (χ2v) is 3.77. The summed E-state index contributed by atoms with van der Waals surface area (Å²) in [5.41, 5.74) is -0.0167. The number of carbonyl (C=O) groups excluding carboxylic acids is 1. The number of halogens is 3. The lowest BCUT2D eigenvalue weighted by molar-refractivity contribution is -0.141. The summed E-state index contributed by atoms with van der Waals surface area (Å²) in [7, 11) is 0. The highest BCUT2D eigenvalue weighted by molar-refractivity contribution is 5.74. The molecule has 0 fully saturated rings. The highest BCUT2D eigenvalue weighted by Gasteiger charge is 2.35. The third kappa shape index (κ3) is 2.13. The van der Waals surface area contributed by atoms with Crippen LogP contribution in [-0.4, -0.2) is 16.1 Å². The van der Waals surface area contributed by atoms with Crippen LogP contribution in [0.4, 0.5) is 13.2 Å². The van der Waals surface area contributed by atoms with Gasteiger partial charge in [-0.05, 0) is 24.6 Å². The number of carbonyl (C=O) groups is 1. The monoisotopic (exact) mass is 254 g/mol. The van der Waals surface area contributed by atoms with Crippen molar-refractivity contribution in [1.82, 2.24) is 9.78 Å². The van der Waals surface area contributed by atoms with Crippen molar-refractivity contribution >= 4 is 6.29 Å². The first-order valence-electron chi connectivity index (χ1n) is 5.12. The lowest BCUT2D eigenvalue weighted by Gasteiger charge is -2.07. The molecule has 18 heavy (non-hydrogen) atoms. The van der Waals surface area contributed by atoms with Gasteiger partial charge in [-0.3, -0.25) is 4.79 Å². The van der Waals surface area contributed by atoms with Crippen LogP contribution in [0.25, 0.3) is 5.69 Å². The molecule has 1 aromatic carbocycles. The summed E-state index contributed by atoms with van der Waals surface area (Å²) < 4.78 is 38.6. The zero-order valence-corrected chi connectivity index (χ0v) is 9.40. The molecule has 2 rings (SSSR count). The average molecular weight is 254 g/mol. The highest BCUT2D eigenvalue weighted by atomic mass is 19.4. The molecule has 0 aliphatic carbocycles. The van der Waals surface area contributed by atoms with E-state index in [-0.39, 0.29) is 5.69 Å². The predicted octanol–water partition coefficient (Wildman–Crippen LogP) is 3.01. The molecule has 2 aromatic rings. The maximum Gasteiger partial charge on any atom is 0.435 e. The van der Waals surface area contributed by atoms with E-state index in [1.165, 1.54) is 0 Å². The van der Waals surface area contributed by atoms with Crippen LogP contribution in [0.5, 0.6) is 0 Å². The molecule has 0 saturated carbocycles. The highest BCUT2D eigenvalue weighted by Crippen LogP contribution is 2.29. The van der Waals surface area contributed by atoms with Crippen molar-refractivity contribution in [3.8, 4) is 5.69 Å². The lowest BCUT2D eigenvalue weighted by Crippen LogP contribution is -2.08. The molecule has 94 valence electrons. The summed E-state index contributed by atoms with van der Waals surface area (Å²) in [6, 6.07) is 7.51. The van der Waals surface area contributed by atoms with E-state index in [0.717, 1.165) is 16.3 Å². The van der Waals surface area contributed by atoms with E-state index < -0.39 is 11.9 Å². The van der Waals surface area contributed by atoms with E-state index in [1.807, 2.05) is 0 Å². The zero-order valence-electron chi connectivity index (χ0n) is 9.40. The van der Waals surface area contributed by atoms with Gasteiger partial charge in [-0.2, -0.15) is 18.3 Å². The first-order chi connectivity index (χ1) is 8.43. The first-order valence-corrected chi connectivity index (χ1v) is 5.12. The fourth-order valence-corrected chi connectivity index (χ4v) is 1.61. The number of benzene rings is 1. The minimum atomic E-state index is -4.56. The van der Waals surface area contributed by atoms with E-state index in [1.54, 1.807) is 31.2 Å². The SMILES string of the molecule is Cc1ccccc1-n1nc(C(F)(F)F)cc1C=O. The largest absolute Gasteiger partial charge is 0.435 e. The molecule has 0 N–H and O–H groups in total. The second kappa shape index (κ2) is 4.29. The maximum atomic E-state index is 12.5. The summed E-state index contributed by atoms with van der Waals surface area (Å²) in [5.74, 6) is 0. The van der Waals surface area contributed by atoms with Crippen LogP contribution in [0.3, 0.4) is 0 Å². The van der Waals surface area contributed by atoms with Crippen molar-refractivity contribution in [1.29, 1.82) is 0 Å². The van der Waals surface area contributed by atoms with Crippen LogP contribution in [0.2, 0.25) is 0 Å². The van der Waals surface area contributed by atoms with E-state index in [2.05, 4.69) is 5.10 Å². The van der Waals surface area contributed by atoms with Crippen LogP contribution in [0.1, 0.15) is 21.7 Å². The van der Waals surface area contributed by atoms with Gasteiger partial charge in [0.05, 0.1) is 5.69 Å². The summed E-state index contributed by atoms with van der Waals surface area (Å²) >= 11 is 0. The van der Waals surface area contributed by atoms with Gasteiger partial charge in [0, 0.05) is 0 Å². The fourth-order valence-electron chi connectivity index (χ4n) is 1.61. The molecule has 0 bridgehead atoms. The van der Waals surface area contributed by atoms with Gasteiger partial charge in [0.15, 0.2) is 12.0 Å². The molecule has 0 unspecified atom stereocenters. The van der Waals surface area contributed by atoms with Gasteiger partial charge in [-0.15, -0.1) is 0 Å². The van der Waals surface area contributed by atoms with Crippen LogP contribution >= 0.6 is 0 Å². The molecule has 0 saturated heterocycles. The number of hydrogen-bond acceptors (Lipinski definition) is 2. The Morgan fingerprint density at radius 2 is 1.94 bits per heavy atom. The second-order valence-electron chi connectivity index (χ2n) is 3.77. The Bertz CT molecular complexity index is 587. The van der Waals surface area contributed by atoms with Crippen molar-refractivity contribution in [2.45, 2.75) is 13.1 Å². The molecule has 0 spiro atoms. The fraction of sp³-hybridized carbons (Fsp3) is 0.167. The molecule has 1 aromatic heterocycles. The molecule has 0 atom stereocenters. The van der Waals surface area contributed by atoms with Gasteiger partial charge in [0.25, 0.3) is 0 Å². The molecule has 0 radical (unpaired) electrons. The Morgan fingerprint density at radius 3 is 2.50 bits per heavy atom. The van der Waals surface area contributed by atoms with E-state index in [9.17, 15) is 18.0 Å². The summed E-state index contributed by atoms with van der Waals surface area (Å²) in [6.45, 7) is 1.73. The van der Waals surface area contributed by atoms with Crippen LogP contribution in [0.15, 0.2) is 30.3 Å². The topological polar surface area (TPSA) is 34.9 Å². The third-order valence-corrected chi connectivity index (χ3v) is 2.49. The van der Waals surface area contributed by atoms with Crippen LogP contribution in [0, 0.1) is 6.92 Å². The molecule has 1 heterocycles. The number of nitrogens with zero attached hydrogens (tertiary/aromatic N) is 2. The van der Waals surface area contributed by atoms with Gasteiger partial charge in [-0.25, -0.2) is 4.68 Å². The molecular weight excluding hydrogens is 245 g/mol. The van der Waals surface area contributed by atoms with Gasteiger partial charge < -0.3 is 0 Å². The molecule has 0 amide bonds. The minimum Gasteiger partial charge on any atom is -0.296 e. The van der Waals surface area contributed by atoms with Gasteiger partial charge in [-0.1, -0.05) is 18.2 Å². The summed E-state index contributed by atoms with van der Waals surface area (Å²) in [4.78, 5) is 10.8.